The van der Waals surface area contributed by atoms with Crippen LogP contribution in [0.1, 0.15) is 59.8 Å². The Morgan fingerprint density at radius 1 is 1.08 bits per heavy atom. The van der Waals surface area contributed by atoms with Crippen LogP contribution in [0.3, 0.4) is 0 Å². The quantitative estimate of drug-likeness (QED) is 0.825. The van der Waals surface area contributed by atoms with Gasteiger partial charge in [-0.25, -0.2) is 13.1 Å². The van der Waals surface area contributed by atoms with Gasteiger partial charge >= 0.3 is 7.12 Å². The van der Waals surface area contributed by atoms with E-state index in [9.17, 15) is 8.42 Å². The van der Waals surface area contributed by atoms with Gasteiger partial charge < -0.3 is 9.31 Å². The van der Waals surface area contributed by atoms with Gasteiger partial charge in [0, 0.05) is 23.9 Å². The fourth-order valence-electron chi connectivity index (χ4n) is 3.20. The molecular formula is C17H27BN2O4S. The second kappa shape index (κ2) is 6.65. The van der Waals surface area contributed by atoms with Gasteiger partial charge in [0.2, 0.25) is 10.0 Å². The van der Waals surface area contributed by atoms with Crippen molar-refractivity contribution in [2.24, 2.45) is 0 Å². The van der Waals surface area contributed by atoms with E-state index >= 15 is 0 Å². The highest BCUT2D eigenvalue weighted by atomic mass is 32.2. The second-order valence-corrected chi connectivity index (χ2v) is 9.71. The number of nitrogens with one attached hydrogen (secondary N) is 1. The smallest absolute Gasteiger partial charge is 0.399 e. The van der Waals surface area contributed by atoms with Gasteiger partial charge in [-0.2, -0.15) is 0 Å². The lowest BCUT2D eigenvalue weighted by atomic mass is 9.80. The Balaban J connectivity index is 1.80. The number of hydrogen-bond donors (Lipinski definition) is 1. The number of aromatic nitrogens is 1. The van der Waals surface area contributed by atoms with Gasteiger partial charge in [0.15, 0.2) is 0 Å². The summed E-state index contributed by atoms with van der Waals surface area (Å²) >= 11 is 0. The Morgan fingerprint density at radius 3 is 2.28 bits per heavy atom. The van der Waals surface area contributed by atoms with Crippen LogP contribution in [0, 0.1) is 0 Å². The molecule has 2 aliphatic rings. The number of hydrogen-bond acceptors (Lipinski definition) is 5. The molecule has 3 rings (SSSR count). The Labute approximate surface area is 150 Å². The minimum absolute atomic E-state index is 0.0132. The molecule has 138 valence electrons. The average Bonchev–Trinajstić information content (AvgIpc) is 2.76. The van der Waals surface area contributed by atoms with Gasteiger partial charge in [-0.3, -0.25) is 4.98 Å². The molecule has 25 heavy (non-hydrogen) atoms. The van der Waals surface area contributed by atoms with Crippen LogP contribution in [0.5, 0.6) is 0 Å². The topological polar surface area (TPSA) is 77.5 Å². The number of sulfonamides is 1. The molecule has 0 unspecified atom stereocenters. The molecule has 1 aromatic rings. The third-order valence-electron chi connectivity index (χ3n) is 5.50. The van der Waals surface area contributed by atoms with Crippen molar-refractivity contribution in [3.8, 4) is 0 Å². The first kappa shape index (κ1) is 18.8. The van der Waals surface area contributed by atoms with E-state index in [4.69, 9.17) is 9.31 Å². The summed E-state index contributed by atoms with van der Waals surface area (Å²) in [6, 6.07) is 1.61. The summed E-state index contributed by atoms with van der Waals surface area (Å²) in [6.45, 7) is 7.86. The van der Waals surface area contributed by atoms with Crippen LogP contribution in [0.15, 0.2) is 23.4 Å². The molecule has 0 aromatic carbocycles. The normalized spacial score (nSPS) is 23.8. The molecule has 1 aliphatic heterocycles. The van der Waals surface area contributed by atoms with E-state index in [1.807, 2.05) is 27.7 Å². The highest BCUT2D eigenvalue weighted by molar-refractivity contribution is 7.89. The van der Waals surface area contributed by atoms with Crippen molar-refractivity contribution < 1.29 is 17.7 Å². The van der Waals surface area contributed by atoms with Crippen molar-refractivity contribution in [2.45, 2.75) is 81.9 Å². The van der Waals surface area contributed by atoms with Crippen molar-refractivity contribution in [1.82, 2.24) is 9.71 Å². The molecule has 0 atom stereocenters. The van der Waals surface area contributed by atoms with Gasteiger partial charge in [-0.1, -0.05) is 19.3 Å². The molecule has 2 heterocycles. The Hall–Kier alpha value is -0.955. The van der Waals surface area contributed by atoms with Crippen LogP contribution in [-0.4, -0.2) is 37.8 Å². The average molecular weight is 366 g/mol. The molecule has 8 heteroatoms. The zero-order valence-electron chi connectivity index (χ0n) is 15.4. The lowest BCUT2D eigenvalue weighted by Gasteiger charge is -2.32. The van der Waals surface area contributed by atoms with E-state index in [2.05, 4.69) is 9.71 Å². The zero-order valence-corrected chi connectivity index (χ0v) is 16.2. The first-order valence-corrected chi connectivity index (χ1v) is 10.4. The molecular weight excluding hydrogens is 339 g/mol. The fraction of sp³-hybridized carbons (Fsp3) is 0.706. The molecule has 6 nitrogen and oxygen atoms in total. The van der Waals surface area contributed by atoms with Crippen LogP contribution < -0.4 is 10.2 Å². The van der Waals surface area contributed by atoms with Crippen LogP contribution >= 0.6 is 0 Å². The number of nitrogens with zero attached hydrogens (tertiary/aromatic N) is 1. The molecule has 0 bridgehead atoms. The zero-order chi connectivity index (χ0) is 18.3. The first-order chi connectivity index (χ1) is 11.6. The van der Waals surface area contributed by atoms with Crippen LogP contribution in [0.2, 0.25) is 0 Å². The minimum Gasteiger partial charge on any atom is -0.399 e. The summed E-state index contributed by atoms with van der Waals surface area (Å²) in [4.78, 5) is 4.26. The minimum atomic E-state index is -3.59. The predicted molar refractivity (Wildman–Crippen MR) is 97.1 cm³/mol. The van der Waals surface area contributed by atoms with Gasteiger partial charge in [-0.05, 0) is 46.6 Å². The third kappa shape index (κ3) is 3.92. The summed E-state index contributed by atoms with van der Waals surface area (Å²) in [5.74, 6) is 0. The Morgan fingerprint density at radius 2 is 1.68 bits per heavy atom. The standard InChI is InChI=1S/C17H27BN2O4S/c1-16(2)17(3,4)24-18(23-16)13-10-15(12-19-11-13)25(21,22)20-14-8-6-5-7-9-14/h10-12,14,20H,5-9H2,1-4H3. The SMILES string of the molecule is CC1(C)OB(c2cncc(S(=O)(=O)NC3CCCCC3)c2)OC1(C)C. The summed E-state index contributed by atoms with van der Waals surface area (Å²) in [5, 5.41) is 0. The van der Waals surface area contributed by atoms with Crippen molar-refractivity contribution in [2.75, 3.05) is 0 Å². The maximum absolute atomic E-state index is 12.7. The van der Waals surface area contributed by atoms with E-state index in [0.717, 1.165) is 25.7 Å². The highest BCUT2D eigenvalue weighted by Gasteiger charge is 2.52. The number of rotatable bonds is 4. The van der Waals surface area contributed by atoms with Crippen LogP contribution in [-0.2, 0) is 19.3 Å². The predicted octanol–water partition coefficient (Wildman–Crippen LogP) is 1.99. The molecule has 2 fully saturated rings. The van der Waals surface area contributed by atoms with Crippen molar-refractivity contribution in [3.05, 3.63) is 18.5 Å². The lowest BCUT2D eigenvalue weighted by Crippen LogP contribution is -2.41. The maximum Gasteiger partial charge on any atom is 0.496 e. The van der Waals surface area contributed by atoms with E-state index < -0.39 is 28.3 Å². The highest BCUT2D eigenvalue weighted by Crippen LogP contribution is 2.36. The monoisotopic (exact) mass is 366 g/mol. The van der Waals surface area contributed by atoms with Gasteiger partial charge in [-0.15, -0.1) is 0 Å². The lowest BCUT2D eigenvalue weighted by molar-refractivity contribution is 0.00578. The summed E-state index contributed by atoms with van der Waals surface area (Å²) in [5.41, 5.74) is -0.343. The van der Waals surface area contributed by atoms with E-state index in [-0.39, 0.29) is 10.9 Å². The van der Waals surface area contributed by atoms with E-state index in [1.165, 1.54) is 12.6 Å². The molecule has 1 aliphatic carbocycles. The van der Waals surface area contributed by atoms with Gasteiger partial charge in [0.25, 0.3) is 0 Å². The largest absolute Gasteiger partial charge is 0.496 e. The number of pyridine rings is 1. The Bertz CT molecular complexity index is 714. The maximum atomic E-state index is 12.7. The molecule has 1 aromatic heterocycles. The molecule has 1 saturated carbocycles. The molecule has 1 saturated heterocycles. The molecule has 1 N–H and O–H groups in total. The Kier molecular flexibility index (Phi) is 5.01. The molecule has 0 amide bonds. The second-order valence-electron chi connectivity index (χ2n) is 8.00. The van der Waals surface area contributed by atoms with Crippen molar-refractivity contribution in [1.29, 1.82) is 0 Å². The first-order valence-electron chi connectivity index (χ1n) is 8.94. The molecule has 0 radical (unpaired) electrons. The van der Waals surface area contributed by atoms with Gasteiger partial charge in [0.05, 0.1) is 16.1 Å². The van der Waals surface area contributed by atoms with Crippen LogP contribution in [0.4, 0.5) is 0 Å². The van der Waals surface area contributed by atoms with E-state index in [1.54, 1.807) is 12.3 Å². The third-order valence-corrected chi connectivity index (χ3v) is 6.98. The van der Waals surface area contributed by atoms with E-state index in [0.29, 0.717) is 5.46 Å². The van der Waals surface area contributed by atoms with Crippen molar-refractivity contribution >= 4 is 22.6 Å². The summed E-state index contributed by atoms with van der Waals surface area (Å²) in [7, 11) is -4.22. The van der Waals surface area contributed by atoms with Crippen LogP contribution in [0.25, 0.3) is 0 Å². The van der Waals surface area contributed by atoms with Gasteiger partial charge in [0.1, 0.15) is 0 Å². The van der Waals surface area contributed by atoms with Crippen molar-refractivity contribution in [3.63, 3.8) is 0 Å². The summed E-state index contributed by atoms with van der Waals surface area (Å²) in [6.07, 6.45) is 8.07. The fourth-order valence-corrected chi connectivity index (χ4v) is 4.50. The molecule has 0 spiro atoms. The summed E-state index contributed by atoms with van der Waals surface area (Å²) < 4.78 is 40.2.